The normalized spacial score (nSPS) is 31.8. The average Bonchev–Trinajstić information content (AvgIpc) is 2.95. The Kier molecular flexibility index (Phi) is 3.44. The molecule has 3 rings (SSSR count). The van der Waals surface area contributed by atoms with Crippen molar-refractivity contribution >= 4 is 11.9 Å². The van der Waals surface area contributed by atoms with Crippen molar-refractivity contribution in [2.24, 2.45) is 11.8 Å². The van der Waals surface area contributed by atoms with Gasteiger partial charge < -0.3 is 14.6 Å². The Morgan fingerprint density at radius 1 is 1.35 bits per heavy atom. The van der Waals surface area contributed by atoms with Gasteiger partial charge in [0, 0.05) is 24.9 Å². The summed E-state index contributed by atoms with van der Waals surface area (Å²) in [4.78, 5) is 23.3. The van der Waals surface area contributed by atoms with Crippen molar-refractivity contribution in [1.82, 2.24) is 0 Å². The van der Waals surface area contributed by atoms with Gasteiger partial charge in [-0.15, -0.1) is 0 Å². The van der Waals surface area contributed by atoms with Gasteiger partial charge in [0.2, 0.25) is 0 Å². The van der Waals surface area contributed by atoms with E-state index in [1.165, 1.54) is 0 Å². The molecule has 1 aromatic rings. The molecule has 0 amide bonds. The third-order valence-corrected chi connectivity index (χ3v) is 4.13. The molecule has 1 saturated carbocycles. The van der Waals surface area contributed by atoms with Gasteiger partial charge in [-0.05, 0) is 12.1 Å². The molecule has 2 aliphatic rings. The lowest BCUT2D eigenvalue weighted by Gasteiger charge is -2.20. The summed E-state index contributed by atoms with van der Waals surface area (Å²) in [6, 6.07) is 8.74. The third kappa shape index (κ3) is 2.29. The first kappa shape index (κ1) is 13.1. The fourth-order valence-electron chi connectivity index (χ4n) is 3.13. The summed E-state index contributed by atoms with van der Waals surface area (Å²) in [7, 11) is 0. The summed E-state index contributed by atoms with van der Waals surface area (Å²) < 4.78 is 10.7. The molecule has 0 radical (unpaired) electrons. The Balaban J connectivity index is 1.69. The van der Waals surface area contributed by atoms with Crippen molar-refractivity contribution in [3.8, 4) is 0 Å². The van der Waals surface area contributed by atoms with Gasteiger partial charge in [0.25, 0.3) is 0 Å². The quantitative estimate of drug-likeness (QED) is 0.839. The first-order valence-electron chi connectivity index (χ1n) is 6.75. The lowest BCUT2D eigenvalue weighted by molar-refractivity contribution is -0.141. The Morgan fingerprint density at radius 2 is 2.10 bits per heavy atom. The van der Waals surface area contributed by atoms with E-state index in [4.69, 9.17) is 9.47 Å². The van der Waals surface area contributed by atoms with E-state index in [0.717, 1.165) is 0 Å². The van der Waals surface area contributed by atoms with Crippen molar-refractivity contribution in [3.63, 3.8) is 0 Å². The molecule has 0 spiro atoms. The van der Waals surface area contributed by atoms with Gasteiger partial charge in [0.15, 0.2) is 0 Å². The monoisotopic (exact) mass is 276 g/mol. The highest BCUT2D eigenvalue weighted by molar-refractivity contribution is 5.89. The van der Waals surface area contributed by atoms with Crippen LogP contribution in [0.15, 0.2) is 30.3 Å². The van der Waals surface area contributed by atoms with Crippen LogP contribution in [0.5, 0.6) is 0 Å². The van der Waals surface area contributed by atoms with E-state index in [9.17, 15) is 14.7 Å². The summed E-state index contributed by atoms with van der Waals surface area (Å²) in [6.45, 7) is -0.107. The van der Waals surface area contributed by atoms with Crippen molar-refractivity contribution in [3.05, 3.63) is 35.9 Å². The van der Waals surface area contributed by atoms with Gasteiger partial charge in [-0.1, -0.05) is 18.2 Å². The molecule has 1 aromatic carbocycles. The van der Waals surface area contributed by atoms with Gasteiger partial charge in [-0.3, -0.25) is 4.79 Å². The molecular weight excluding hydrogens is 260 g/mol. The van der Waals surface area contributed by atoms with Crippen molar-refractivity contribution in [1.29, 1.82) is 0 Å². The van der Waals surface area contributed by atoms with Crippen LogP contribution >= 0.6 is 0 Å². The zero-order chi connectivity index (χ0) is 14.1. The van der Waals surface area contributed by atoms with Crippen LogP contribution in [-0.4, -0.2) is 35.9 Å². The number of aliphatic hydroxyl groups excluding tert-OH is 1. The molecule has 0 aromatic heterocycles. The maximum absolute atomic E-state index is 12.0. The van der Waals surface area contributed by atoms with Crippen LogP contribution in [0.25, 0.3) is 0 Å². The number of esters is 2. The molecule has 106 valence electrons. The zero-order valence-electron chi connectivity index (χ0n) is 10.9. The molecule has 1 aliphatic carbocycles. The van der Waals surface area contributed by atoms with Gasteiger partial charge in [0.05, 0.1) is 12.0 Å². The lowest BCUT2D eigenvalue weighted by Crippen LogP contribution is -2.28. The minimum absolute atomic E-state index is 0.0407. The minimum Gasteiger partial charge on any atom is -0.462 e. The summed E-state index contributed by atoms with van der Waals surface area (Å²) in [5.41, 5.74) is 0.484. The van der Waals surface area contributed by atoms with E-state index in [-0.39, 0.29) is 30.5 Å². The fraction of sp³-hybridized carbons (Fsp3) is 0.467. The van der Waals surface area contributed by atoms with Gasteiger partial charge in [-0.25, -0.2) is 4.79 Å². The van der Waals surface area contributed by atoms with Crippen LogP contribution in [0.3, 0.4) is 0 Å². The molecule has 1 aliphatic heterocycles. The second kappa shape index (κ2) is 5.25. The van der Waals surface area contributed by atoms with E-state index in [1.54, 1.807) is 24.3 Å². The van der Waals surface area contributed by atoms with Crippen LogP contribution in [0.2, 0.25) is 0 Å². The summed E-state index contributed by atoms with van der Waals surface area (Å²) in [5.74, 6) is -0.896. The van der Waals surface area contributed by atoms with Crippen LogP contribution < -0.4 is 0 Å². The molecule has 3 unspecified atom stereocenters. The maximum Gasteiger partial charge on any atom is 0.338 e. The predicted octanol–water partition coefficient (Wildman–Crippen LogP) is 1.16. The van der Waals surface area contributed by atoms with Gasteiger partial charge in [-0.2, -0.15) is 0 Å². The molecule has 1 saturated heterocycles. The Morgan fingerprint density at radius 3 is 2.80 bits per heavy atom. The largest absolute Gasteiger partial charge is 0.462 e. The fourth-order valence-corrected chi connectivity index (χ4v) is 3.13. The van der Waals surface area contributed by atoms with Crippen LogP contribution in [0, 0.1) is 11.8 Å². The molecular formula is C15H16O5. The molecule has 1 N–H and O–H groups in total. The lowest BCUT2D eigenvalue weighted by atomic mass is 9.93. The number of benzene rings is 1. The minimum atomic E-state index is -0.402. The smallest absolute Gasteiger partial charge is 0.338 e. The first-order chi connectivity index (χ1) is 9.69. The molecule has 1 heterocycles. The van der Waals surface area contributed by atoms with E-state index in [1.807, 2.05) is 6.07 Å². The standard InChI is InChI=1S/C15H16O5/c16-8-11-10-6-14(17)19-12(10)7-13(11)20-15(18)9-4-2-1-3-5-9/h1-5,10-13,16H,6-8H2/t10?,11-,12?,13?/m1/s1. The average molecular weight is 276 g/mol. The van der Waals surface area contributed by atoms with E-state index >= 15 is 0 Å². The summed E-state index contributed by atoms with van der Waals surface area (Å²) >= 11 is 0. The van der Waals surface area contributed by atoms with E-state index < -0.39 is 12.1 Å². The molecule has 0 bridgehead atoms. The highest BCUT2D eigenvalue weighted by Gasteiger charge is 2.51. The Bertz CT molecular complexity index is 512. The van der Waals surface area contributed by atoms with Crippen LogP contribution in [0.4, 0.5) is 0 Å². The van der Waals surface area contributed by atoms with Crippen molar-refractivity contribution in [2.45, 2.75) is 25.0 Å². The summed E-state index contributed by atoms with van der Waals surface area (Å²) in [5, 5.41) is 9.50. The molecule has 5 nitrogen and oxygen atoms in total. The second-order valence-corrected chi connectivity index (χ2v) is 5.29. The number of fused-ring (bicyclic) bond motifs is 1. The zero-order valence-corrected chi connectivity index (χ0v) is 10.9. The SMILES string of the molecule is O=C1CC2C(CC(OC(=O)c3ccccc3)[C@@H]2CO)O1. The summed E-state index contributed by atoms with van der Waals surface area (Å²) in [6.07, 6.45) is 0.152. The van der Waals surface area contributed by atoms with Gasteiger partial charge >= 0.3 is 11.9 Å². The molecule has 5 heteroatoms. The van der Waals surface area contributed by atoms with Crippen LogP contribution in [-0.2, 0) is 14.3 Å². The predicted molar refractivity (Wildman–Crippen MR) is 68.8 cm³/mol. The number of carbonyl (C=O) groups excluding carboxylic acids is 2. The van der Waals surface area contributed by atoms with Crippen molar-refractivity contribution in [2.75, 3.05) is 6.61 Å². The van der Waals surface area contributed by atoms with Crippen molar-refractivity contribution < 1.29 is 24.2 Å². The molecule has 4 atom stereocenters. The van der Waals surface area contributed by atoms with E-state index in [0.29, 0.717) is 18.4 Å². The Hall–Kier alpha value is -1.88. The topological polar surface area (TPSA) is 72.8 Å². The Labute approximate surface area is 116 Å². The highest BCUT2D eigenvalue weighted by atomic mass is 16.6. The van der Waals surface area contributed by atoms with Gasteiger partial charge in [0.1, 0.15) is 12.2 Å². The number of aliphatic hydroxyl groups is 1. The van der Waals surface area contributed by atoms with Crippen LogP contribution in [0.1, 0.15) is 23.2 Å². The number of carbonyl (C=O) groups is 2. The third-order valence-electron chi connectivity index (χ3n) is 4.13. The highest BCUT2D eigenvalue weighted by Crippen LogP contribution is 2.42. The molecule has 20 heavy (non-hydrogen) atoms. The number of ether oxygens (including phenoxy) is 2. The molecule has 2 fully saturated rings. The van der Waals surface area contributed by atoms with E-state index in [2.05, 4.69) is 0 Å². The number of rotatable bonds is 3. The first-order valence-corrected chi connectivity index (χ1v) is 6.75. The number of hydrogen-bond donors (Lipinski definition) is 1. The second-order valence-electron chi connectivity index (χ2n) is 5.29. The number of hydrogen-bond acceptors (Lipinski definition) is 5. The maximum atomic E-state index is 12.0.